The molecule has 2 aliphatic rings. The summed E-state index contributed by atoms with van der Waals surface area (Å²) in [5.74, 6) is -2.97. The first-order chi connectivity index (χ1) is 15.7. The third kappa shape index (κ3) is 4.59. The number of urea groups is 1. The fourth-order valence-corrected chi connectivity index (χ4v) is 3.90. The number of rotatable bonds is 8. The lowest BCUT2D eigenvalue weighted by molar-refractivity contribution is -0.149. The Labute approximate surface area is 191 Å². The van der Waals surface area contributed by atoms with Gasteiger partial charge in [0.05, 0.1) is 35.0 Å². The highest BCUT2D eigenvalue weighted by Crippen LogP contribution is 2.29. The van der Waals surface area contributed by atoms with E-state index in [2.05, 4.69) is 10.6 Å². The summed E-state index contributed by atoms with van der Waals surface area (Å²) in [7, 11) is 0. The van der Waals surface area contributed by atoms with Crippen molar-refractivity contribution in [3.8, 4) is 0 Å². The standard InChI is InChI=1S/C23H27N3O7/c1-5-12(3)18(26-19(27)14-9-7-8-10-15(14)20(26)28)22(30)33-11-16-17(21(29)32-6-2)13(4)24-23(31)25-16/h7-10,12-13,18H,5-6,11H2,1-4H3,(H2,24,25,31)/t12-,13?,18-/m0/s1. The zero-order valence-electron chi connectivity index (χ0n) is 19.0. The molecule has 0 aromatic heterocycles. The smallest absolute Gasteiger partial charge is 0.338 e. The zero-order chi connectivity index (χ0) is 24.3. The van der Waals surface area contributed by atoms with E-state index in [9.17, 15) is 24.0 Å². The van der Waals surface area contributed by atoms with E-state index in [1.165, 1.54) is 12.1 Å². The molecule has 3 atom stereocenters. The molecular weight excluding hydrogens is 430 g/mol. The van der Waals surface area contributed by atoms with E-state index in [4.69, 9.17) is 9.47 Å². The lowest BCUT2D eigenvalue weighted by atomic mass is 9.97. The van der Waals surface area contributed by atoms with Crippen molar-refractivity contribution in [1.82, 2.24) is 15.5 Å². The summed E-state index contributed by atoms with van der Waals surface area (Å²) in [6.45, 7) is 6.53. The number of nitrogens with zero attached hydrogens (tertiary/aromatic N) is 1. The van der Waals surface area contributed by atoms with Gasteiger partial charge in [0.2, 0.25) is 0 Å². The van der Waals surface area contributed by atoms with Crippen LogP contribution in [0.25, 0.3) is 0 Å². The topological polar surface area (TPSA) is 131 Å². The number of fused-ring (bicyclic) bond motifs is 1. The molecule has 0 aliphatic carbocycles. The van der Waals surface area contributed by atoms with Crippen LogP contribution in [0.15, 0.2) is 35.5 Å². The van der Waals surface area contributed by atoms with Crippen molar-refractivity contribution >= 4 is 29.8 Å². The highest BCUT2D eigenvalue weighted by atomic mass is 16.5. The summed E-state index contributed by atoms with van der Waals surface area (Å²) >= 11 is 0. The summed E-state index contributed by atoms with van der Waals surface area (Å²) in [5.41, 5.74) is 0.680. The van der Waals surface area contributed by atoms with Crippen molar-refractivity contribution in [2.45, 2.75) is 46.2 Å². The van der Waals surface area contributed by atoms with E-state index in [-0.39, 0.29) is 34.9 Å². The van der Waals surface area contributed by atoms with Gasteiger partial charge in [-0.2, -0.15) is 0 Å². The van der Waals surface area contributed by atoms with Gasteiger partial charge in [-0.3, -0.25) is 14.5 Å². The number of carbonyl (C=O) groups is 5. The molecule has 176 valence electrons. The van der Waals surface area contributed by atoms with Gasteiger partial charge in [-0.1, -0.05) is 32.4 Å². The van der Waals surface area contributed by atoms with Gasteiger partial charge in [0.15, 0.2) is 0 Å². The predicted octanol–water partition coefficient (Wildman–Crippen LogP) is 1.76. The zero-order valence-corrected chi connectivity index (χ0v) is 19.0. The van der Waals surface area contributed by atoms with Crippen molar-refractivity contribution in [2.24, 2.45) is 5.92 Å². The monoisotopic (exact) mass is 457 g/mol. The molecular formula is C23H27N3O7. The third-order valence-electron chi connectivity index (χ3n) is 5.75. The Morgan fingerprint density at radius 2 is 1.67 bits per heavy atom. The first-order valence-electron chi connectivity index (χ1n) is 10.8. The molecule has 0 radical (unpaired) electrons. The summed E-state index contributed by atoms with van der Waals surface area (Å²) in [6, 6.07) is 3.99. The van der Waals surface area contributed by atoms with Gasteiger partial charge in [0, 0.05) is 0 Å². The normalized spacial score (nSPS) is 19.5. The first kappa shape index (κ1) is 24.0. The Morgan fingerprint density at radius 1 is 1.06 bits per heavy atom. The van der Waals surface area contributed by atoms with Crippen molar-refractivity contribution in [3.05, 3.63) is 46.7 Å². The number of amides is 4. The number of ether oxygens (including phenoxy) is 2. The van der Waals surface area contributed by atoms with Gasteiger partial charge in [-0.05, 0) is 31.9 Å². The minimum atomic E-state index is -1.16. The Morgan fingerprint density at radius 3 is 2.21 bits per heavy atom. The summed E-state index contributed by atoms with van der Waals surface area (Å²) in [5, 5.41) is 5.04. The molecule has 10 heteroatoms. The van der Waals surface area contributed by atoms with Crippen LogP contribution >= 0.6 is 0 Å². The number of esters is 2. The number of carbonyl (C=O) groups excluding carboxylic acids is 5. The van der Waals surface area contributed by atoms with Crippen LogP contribution in [-0.4, -0.2) is 60.0 Å². The van der Waals surface area contributed by atoms with Crippen LogP contribution in [0.2, 0.25) is 0 Å². The number of hydrogen-bond acceptors (Lipinski definition) is 7. The van der Waals surface area contributed by atoms with E-state index in [1.54, 1.807) is 32.9 Å². The number of hydrogen-bond donors (Lipinski definition) is 2. The van der Waals surface area contributed by atoms with Gasteiger partial charge >= 0.3 is 18.0 Å². The molecule has 0 fully saturated rings. The third-order valence-corrected chi connectivity index (χ3v) is 5.75. The maximum atomic E-state index is 13.1. The maximum Gasteiger partial charge on any atom is 0.338 e. The minimum Gasteiger partial charge on any atom is -0.463 e. The SMILES string of the molecule is CCOC(=O)C1=C(COC(=O)[C@H]([C@@H](C)CC)N2C(=O)c3ccccc3C2=O)NC(=O)NC1C. The van der Waals surface area contributed by atoms with E-state index in [0.29, 0.717) is 6.42 Å². The number of imide groups is 1. The molecule has 3 rings (SSSR count). The van der Waals surface area contributed by atoms with Crippen molar-refractivity contribution < 1.29 is 33.4 Å². The molecule has 0 saturated carbocycles. The van der Waals surface area contributed by atoms with Crippen LogP contribution in [0.3, 0.4) is 0 Å². The average molecular weight is 457 g/mol. The van der Waals surface area contributed by atoms with Crippen molar-refractivity contribution in [2.75, 3.05) is 13.2 Å². The molecule has 0 saturated heterocycles. The van der Waals surface area contributed by atoms with Crippen LogP contribution in [0.1, 0.15) is 54.8 Å². The van der Waals surface area contributed by atoms with E-state index in [0.717, 1.165) is 4.90 Å². The summed E-state index contributed by atoms with van der Waals surface area (Å²) in [6.07, 6.45) is 0.502. The molecule has 2 aliphatic heterocycles. The molecule has 1 aromatic rings. The lowest BCUT2D eigenvalue weighted by Crippen LogP contribution is -2.51. The molecule has 0 spiro atoms. The minimum absolute atomic E-state index is 0.0864. The van der Waals surface area contributed by atoms with E-state index in [1.807, 2.05) is 6.92 Å². The van der Waals surface area contributed by atoms with Gasteiger partial charge in [-0.25, -0.2) is 14.4 Å². The van der Waals surface area contributed by atoms with E-state index >= 15 is 0 Å². The summed E-state index contributed by atoms with van der Waals surface area (Å²) < 4.78 is 10.5. The Bertz CT molecular complexity index is 998. The van der Waals surface area contributed by atoms with Gasteiger partial charge in [0.25, 0.3) is 11.8 Å². The molecule has 4 amide bonds. The highest BCUT2D eigenvalue weighted by molar-refractivity contribution is 6.22. The average Bonchev–Trinajstić information content (AvgIpc) is 3.02. The molecule has 1 unspecified atom stereocenters. The number of benzene rings is 1. The largest absolute Gasteiger partial charge is 0.463 e. The fraction of sp³-hybridized carbons (Fsp3) is 0.435. The van der Waals surface area contributed by atoms with Crippen molar-refractivity contribution in [1.29, 1.82) is 0 Å². The fourth-order valence-electron chi connectivity index (χ4n) is 3.90. The van der Waals surface area contributed by atoms with Crippen molar-refractivity contribution in [3.63, 3.8) is 0 Å². The Kier molecular flexibility index (Phi) is 7.15. The first-order valence-corrected chi connectivity index (χ1v) is 10.8. The number of nitrogens with one attached hydrogen (secondary N) is 2. The Balaban J connectivity index is 1.86. The van der Waals surface area contributed by atoms with Gasteiger partial charge in [0.1, 0.15) is 12.6 Å². The molecule has 2 heterocycles. The van der Waals surface area contributed by atoms with Gasteiger partial charge < -0.3 is 20.1 Å². The second-order valence-electron chi connectivity index (χ2n) is 7.90. The molecule has 33 heavy (non-hydrogen) atoms. The van der Waals surface area contributed by atoms with Crippen LogP contribution in [0.5, 0.6) is 0 Å². The van der Waals surface area contributed by atoms with Crippen LogP contribution in [-0.2, 0) is 19.1 Å². The molecule has 1 aromatic carbocycles. The molecule has 10 nitrogen and oxygen atoms in total. The lowest BCUT2D eigenvalue weighted by Gasteiger charge is -2.30. The van der Waals surface area contributed by atoms with Crippen LogP contribution in [0, 0.1) is 5.92 Å². The quantitative estimate of drug-likeness (QED) is 0.449. The highest BCUT2D eigenvalue weighted by Gasteiger charge is 2.45. The predicted molar refractivity (Wildman–Crippen MR) is 116 cm³/mol. The second kappa shape index (κ2) is 9.85. The van der Waals surface area contributed by atoms with E-state index < -0.39 is 48.5 Å². The second-order valence-corrected chi connectivity index (χ2v) is 7.90. The van der Waals surface area contributed by atoms with Crippen LogP contribution in [0.4, 0.5) is 4.79 Å². The maximum absolute atomic E-state index is 13.1. The van der Waals surface area contributed by atoms with Gasteiger partial charge in [-0.15, -0.1) is 0 Å². The molecule has 0 bridgehead atoms. The van der Waals surface area contributed by atoms with Crippen LogP contribution < -0.4 is 10.6 Å². The summed E-state index contributed by atoms with van der Waals surface area (Å²) in [4.78, 5) is 64.2. The Hall–Kier alpha value is -3.69. The molecule has 2 N–H and O–H groups in total.